The first kappa shape index (κ1) is 31.1. The topological polar surface area (TPSA) is 104 Å². The molecular formula is C33H36Br2O6. The number of carboxylic acid groups (broad SMARTS) is 1. The SMILES string of the molecule is CCCc1cc(O)c(CCC)c(C2(c3c(Br)c(CCC)cc(O)c3CCC)OC(=O)c3c(C(=O)O)cccc32)c1Br. The molecule has 1 aliphatic heterocycles. The summed E-state index contributed by atoms with van der Waals surface area (Å²) in [7, 11) is 0. The van der Waals surface area contributed by atoms with Gasteiger partial charge in [0.1, 0.15) is 11.5 Å². The van der Waals surface area contributed by atoms with Gasteiger partial charge in [0, 0.05) is 36.8 Å². The lowest BCUT2D eigenvalue weighted by Gasteiger charge is -2.37. The van der Waals surface area contributed by atoms with E-state index in [-0.39, 0.29) is 22.6 Å². The van der Waals surface area contributed by atoms with Gasteiger partial charge in [-0.3, -0.25) is 0 Å². The Morgan fingerprint density at radius 2 is 1.27 bits per heavy atom. The zero-order chi connectivity index (χ0) is 30.1. The van der Waals surface area contributed by atoms with E-state index in [1.54, 1.807) is 24.3 Å². The third kappa shape index (κ3) is 5.18. The Morgan fingerprint density at radius 3 is 1.68 bits per heavy atom. The highest BCUT2D eigenvalue weighted by Crippen LogP contribution is 2.57. The van der Waals surface area contributed by atoms with Gasteiger partial charge in [0.2, 0.25) is 0 Å². The number of phenolic OH excluding ortho intramolecular Hbond substituents is 2. The summed E-state index contributed by atoms with van der Waals surface area (Å²) in [6.07, 6.45) is 5.32. The van der Waals surface area contributed by atoms with E-state index >= 15 is 0 Å². The highest BCUT2D eigenvalue weighted by molar-refractivity contribution is 9.11. The van der Waals surface area contributed by atoms with Crippen molar-refractivity contribution in [2.24, 2.45) is 0 Å². The normalized spacial score (nSPS) is 13.8. The average molecular weight is 688 g/mol. The first-order chi connectivity index (χ1) is 19.6. The van der Waals surface area contributed by atoms with Crippen LogP contribution >= 0.6 is 31.9 Å². The van der Waals surface area contributed by atoms with E-state index < -0.39 is 17.5 Å². The van der Waals surface area contributed by atoms with Crippen molar-refractivity contribution in [2.45, 2.75) is 84.7 Å². The molecule has 0 bridgehead atoms. The van der Waals surface area contributed by atoms with Gasteiger partial charge in [0.05, 0.1) is 11.1 Å². The molecule has 0 atom stereocenters. The number of cyclic esters (lactones) is 1. The number of hydrogen-bond donors (Lipinski definition) is 3. The van der Waals surface area contributed by atoms with Gasteiger partial charge < -0.3 is 20.1 Å². The Bertz CT molecular complexity index is 1440. The molecule has 0 saturated carbocycles. The Morgan fingerprint density at radius 1 is 0.805 bits per heavy atom. The zero-order valence-corrected chi connectivity index (χ0v) is 27.0. The van der Waals surface area contributed by atoms with Crippen molar-refractivity contribution in [3.05, 3.63) is 89.3 Å². The summed E-state index contributed by atoms with van der Waals surface area (Å²) in [6, 6.07) is 8.26. The van der Waals surface area contributed by atoms with Crippen LogP contribution in [0.1, 0.15) is 113 Å². The highest BCUT2D eigenvalue weighted by atomic mass is 79.9. The molecule has 6 nitrogen and oxygen atoms in total. The molecule has 3 aromatic carbocycles. The average Bonchev–Trinajstić information content (AvgIpc) is 3.23. The van der Waals surface area contributed by atoms with Crippen LogP contribution in [0.2, 0.25) is 0 Å². The molecule has 0 saturated heterocycles. The summed E-state index contributed by atoms with van der Waals surface area (Å²) in [5.74, 6) is -1.81. The Hall–Kier alpha value is -2.84. The van der Waals surface area contributed by atoms with Gasteiger partial charge in [-0.2, -0.15) is 0 Å². The number of aromatic hydroxyl groups is 2. The van der Waals surface area contributed by atoms with E-state index in [0.29, 0.717) is 75.3 Å². The van der Waals surface area contributed by atoms with E-state index in [1.165, 1.54) is 6.07 Å². The zero-order valence-electron chi connectivity index (χ0n) is 23.9. The molecule has 1 heterocycles. The largest absolute Gasteiger partial charge is 0.508 e. The fourth-order valence-corrected chi connectivity index (χ4v) is 7.76. The number of benzene rings is 3. The molecule has 4 rings (SSSR count). The third-order valence-corrected chi connectivity index (χ3v) is 9.53. The van der Waals surface area contributed by atoms with E-state index in [0.717, 1.165) is 24.0 Å². The number of carbonyl (C=O) groups excluding carboxylic acids is 1. The van der Waals surface area contributed by atoms with Crippen molar-refractivity contribution >= 4 is 43.8 Å². The number of phenols is 2. The molecule has 3 aromatic rings. The summed E-state index contributed by atoms with van der Waals surface area (Å²) < 4.78 is 7.89. The maximum atomic E-state index is 13.9. The van der Waals surface area contributed by atoms with Crippen molar-refractivity contribution < 1.29 is 29.6 Å². The van der Waals surface area contributed by atoms with Crippen molar-refractivity contribution in [3.8, 4) is 11.5 Å². The molecule has 0 unspecified atom stereocenters. The standard InChI is InChI=1S/C33H36Br2O6/c1-5-10-18-16-24(36)20(12-7-3)27(29(18)34)33(23-15-9-14-22(31(38)39)26(23)32(40)41-33)28-21(13-8-4)25(37)17-19(11-6-2)30(28)35/h9,14-17,36-37H,5-8,10-13H2,1-4H3,(H,38,39). The second kappa shape index (κ2) is 12.6. The van der Waals surface area contributed by atoms with Crippen LogP contribution in [0.3, 0.4) is 0 Å². The molecule has 8 heteroatoms. The van der Waals surface area contributed by atoms with Crippen molar-refractivity contribution in [1.82, 2.24) is 0 Å². The molecule has 0 spiro atoms. The van der Waals surface area contributed by atoms with Crippen LogP contribution in [-0.2, 0) is 36.0 Å². The smallest absolute Gasteiger partial charge is 0.341 e. The second-order valence-electron chi connectivity index (χ2n) is 10.5. The maximum Gasteiger partial charge on any atom is 0.341 e. The Labute approximate surface area is 258 Å². The predicted molar refractivity (Wildman–Crippen MR) is 166 cm³/mol. The number of ether oxygens (including phenoxy) is 1. The van der Waals surface area contributed by atoms with Gasteiger partial charge in [-0.25, -0.2) is 9.59 Å². The number of aryl methyl sites for hydroxylation is 2. The van der Waals surface area contributed by atoms with Crippen molar-refractivity contribution in [3.63, 3.8) is 0 Å². The van der Waals surface area contributed by atoms with Crippen LogP contribution in [-0.4, -0.2) is 27.3 Å². The van der Waals surface area contributed by atoms with Crippen LogP contribution in [0.5, 0.6) is 11.5 Å². The maximum absolute atomic E-state index is 13.9. The van der Waals surface area contributed by atoms with E-state index in [9.17, 15) is 24.9 Å². The lowest BCUT2D eigenvalue weighted by molar-refractivity contribution is 0.0238. The molecular weight excluding hydrogens is 652 g/mol. The van der Waals surface area contributed by atoms with Crippen LogP contribution in [0, 0.1) is 0 Å². The fourth-order valence-electron chi connectivity index (χ4n) is 6.10. The Balaban J connectivity index is 2.34. The van der Waals surface area contributed by atoms with E-state index in [2.05, 4.69) is 31.9 Å². The van der Waals surface area contributed by atoms with Crippen molar-refractivity contribution in [2.75, 3.05) is 0 Å². The number of aromatic carboxylic acids is 1. The molecule has 0 aliphatic carbocycles. The minimum Gasteiger partial charge on any atom is -0.508 e. The third-order valence-electron chi connectivity index (χ3n) is 7.71. The van der Waals surface area contributed by atoms with Crippen molar-refractivity contribution in [1.29, 1.82) is 0 Å². The number of halogens is 2. The van der Waals surface area contributed by atoms with E-state index in [1.807, 2.05) is 27.7 Å². The van der Waals surface area contributed by atoms with Gasteiger partial charge in [-0.05, 0) is 55.0 Å². The summed E-state index contributed by atoms with van der Waals surface area (Å²) in [4.78, 5) is 26.2. The van der Waals surface area contributed by atoms with Crippen LogP contribution < -0.4 is 0 Å². The summed E-state index contributed by atoms with van der Waals surface area (Å²) in [5.41, 5.74) is 2.58. The fraction of sp³-hybridized carbons (Fsp3) is 0.394. The first-order valence-electron chi connectivity index (χ1n) is 14.3. The predicted octanol–water partition coefficient (Wildman–Crippen LogP) is 8.59. The Kier molecular flexibility index (Phi) is 9.54. The van der Waals surface area contributed by atoms with Gasteiger partial charge in [0.15, 0.2) is 5.60 Å². The number of carboxylic acids is 1. The quantitative estimate of drug-likeness (QED) is 0.175. The lowest BCUT2D eigenvalue weighted by atomic mass is 9.73. The molecule has 1 aliphatic rings. The molecule has 0 amide bonds. The molecule has 0 radical (unpaired) electrons. The van der Waals surface area contributed by atoms with E-state index in [4.69, 9.17) is 4.74 Å². The number of rotatable bonds is 11. The number of esters is 1. The summed E-state index contributed by atoms with van der Waals surface area (Å²) in [5, 5.41) is 33.0. The summed E-state index contributed by atoms with van der Waals surface area (Å²) >= 11 is 7.72. The second-order valence-corrected chi connectivity index (χ2v) is 12.1. The molecule has 218 valence electrons. The van der Waals surface area contributed by atoms with Crippen LogP contribution in [0.4, 0.5) is 0 Å². The first-order valence-corrected chi connectivity index (χ1v) is 15.8. The molecule has 3 N–H and O–H groups in total. The molecule has 41 heavy (non-hydrogen) atoms. The molecule has 0 aromatic heterocycles. The van der Waals surface area contributed by atoms with Gasteiger partial charge in [-0.15, -0.1) is 0 Å². The number of carbonyl (C=O) groups is 2. The van der Waals surface area contributed by atoms with Gasteiger partial charge >= 0.3 is 11.9 Å². The lowest BCUT2D eigenvalue weighted by Crippen LogP contribution is -2.34. The number of hydrogen-bond acceptors (Lipinski definition) is 5. The number of fused-ring (bicyclic) bond motifs is 1. The van der Waals surface area contributed by atoms with Crippen LogP contribution in [0.15, 0.2) is 39.3 Å². The van der Waals surface area contributed by atoms with Gasteiger partial charge in [-0.1, -0.05) is 97.4 Å². The molecule has 0 fully saturated rings. The van der Waals surface area contributed by atoms with Gasteiger partial charge in [0.25, 0.3) is 0 Å². The highest BCUT2D eigenvalue weighted by Gasteiger charge is 2.54. The summed E-state index contributed by atoms with van der Waals surface area (Å²) in [6.45, 7) is 8.11. The van der Waals surface area contributed by atoms with Crippen LogP contribution in [0.25, 0.3) is 0 Å². The monoisotopic (exact) mass is 686 g/mol. The minimum absolute atomic E-state index is 0.0236. The minimum atomic E-state index is -1.65.